The van der Waals surface area contributed by atoms with Crippen LogP contribution in [0.5, 0.6) is 5.75 Å². The van der Waals surface area contributed by atoms with E-state index in [9.17, 15) is 9.59 Å². The summed E-state index contributed by atoms with van der Waals surface area (Å²) in [4.78, 5) is 34.2. The van der Waals surface area contributed by atoms with E-state index in [0.717, 1.165) is 36.5 Å². The number of carbonyl (C=O) groups is 2. The van der Waals surface area contributed by atoms with E-state index in [2.05, 4.69) is 11.0 Å². The van der Waals surface area contributed by atoms with Crippen LogP contribution in [0.25, 0.3) is 10.2 Å². The minimum absolute atomic E-state index is 0.130. The van der Waals surface area contributed by atoms with Crippen molar-refractivity contribution < 1.29 is 14.3 Å². The second kappa shape index (κ2) is 7.81. The van der Waals surface area contributed by atoms with Crippen molar-refractivity contribution in [1.82, 2.24) is 9.88 Å². The van der Waals surface area contributed by atoms with Crippen molar-refractivity contribution in [3.8, 4) is 5.75 Å². The lowest BCUT2D eigenvalue weighted by Gasteiger charge is -2.34. The molecular weight excluding hydrogens is 398 g/mol. The molecule has 0 radical (unpaired) electrons. The van der Waals surface area contributed by atoms with Gasteiger partial charge in [-0.25, -0.2) is 9.88 Å². The van der Waals surface area contributed by atoms with E-state index >= 15 is 0 Å². The van der Waals surface area contributed by atoms with E-state index < -0.39 is 6.04 Å². The maximum Gasteiger partial charge on any atom is 0.251 e. The summed E-state index contributed by atoms with van der Waals surface area (Å²) in [5.41, 5.74) is 1.64. The molecular formula is C23H23N3O3S. The summed E-state index contributed by atoms with van der Waals surface area (Å²) in [5.74, 6) is 0.727. The van der Waals surface area contributed by atoms with Crippen molar-refractivity contribution in [2.75, 3.05) is 25.1 Å². The van der Waals surface area contributed by atoms with Crippen molar-refractivity contribution in [1.29, 1.82) is 0 Å². The first kappa shape index (κ1) is 19.2. The normalized spacial score (nSPS) is 22.8. The quantitative estimate of drug-likeness (QED) is 0.600. The summed E-state index contributed by atoms with van der Waals surface area (Å²) in [7, 11) is 1.59. The molecule has 1 aromatic heterocycles. The topological polar surface area (TPSA) is 62.7 Å². The predicted octanol–water partition coefficient (Wildman–Crippen LogP) is 3.82. The highest BCUT2D eigenvalue weighted by Crippen LogP contribution is 2.35. The third-order valence-corrected chi connectivity index (χ3v) is 7.21. The number of methoxy groups -OCH3 is 1. The van der Waals surface area contributed by atoms with Crippen LogP contribution in [-0.2, 0) is 9.59 Å². The molecule has 6 nitrogen and oxygen atoms in total. The van der Waals surface area contributed by atoms with Crippen LogP contribution in [0.3, 0.4) is 0 Å². The highest BCUT2D eigenvalue weighted by Gasteiger charge is 2.44. The second-order valence-corrected chi connectivity index (χ2v) is 8.90. The number of para-hydroxylation sites is 1. The maximum atomic E-state index is 13.2. The van der Waals surface area contributed by atoms with Gasteiger partial charge in [-0.1, -0.05) is 12.1 Å². The number of ether oxygens (including phenoxy) is 1. The average molecular weight is 422 g/mol. The molecule has 0 spiro atoms. The average Bonchev–Trinajstić information content (AvgIpc) is 3.34. The molecule has 0 aliphatic carbocycles. The highest BCUT2D eigenvalue weighted by molar-refractivity contribution is 7.18. The fourth-order valence-corrected chi connectivity index (χ4v) is 5.55. The van der Waals surface area contributed by atoms with Gasteiger partial charge in [0, 0.05) is 12.5 Å². The summed E-state index contributed by atoms with van der Waals surface area (Å²) < 4.78 is 6.37. The second-order valence-electron chi connectivity index (χ2n) is 7.84. The first-order chi connectivity index (χ1) is 14.6. The number of hydrogen-bond donors (Lipinski definition) is 0. The molecule has 30 heavy (non-hydrogen) atoms. The monoisotopic (exact) mass is 421 g/mol. The van der Waals surface area contributed by atoms with E-state index in [1.54, 1.807) is 42.7 Å². The van der Waals surface area contributed by atoms with Crippen molar-refractivity contribution in [2.45, 2.75) is 31.2 Å². The molecule has 2 amide bonds. The molecule has 0 N–H and O–H groups in total. The molecule has 2 saturated heterocycles. The standard InChI is InChI=1S/C23H23N3O3S/c1-29-17-10-8-16(9-11-17)26-21(27)13-19(23(26)28)25-12-4-5-15(14-25)22-24-18-6-2-3-7-20(18)30-22/h2-3,6-11,15,19H,4-5,12-14H2,1H3/t15-,19+/m0/s1. The smallest absolute Gasteiger partial charge is 0.251 e. The number of carbonyl (C=O) groups excluding carboxylic acids is 2. The number of likely N-dealkylation sites (tertiary alicyclic amines) is 1. The van der Waals surface area contributed by atoms with Gasteiger partial charge in [0.2, 0.25) is 5.91 Å². The van der Waals surface area contributed by atoms with Crippen molar-refractivity contribution in [2.24, 2.45) is 0 Å². The van der Waals surface area contributed by atoms with Gasteiger partial charge in [-0.05, 0) is 55.8 Å². The molecule has 7 heteroatoms. The number of anilines is 1. The highest BCUT2D eigenvalue weighted by atomic mass is 32.1. The molecule has 2 aliphatic rings. The van der Waals surface area contributed by atoms with Gasteiger partial charge in [0.15, 0.2) is 0 Å². The van der Waals surface area contributed by atoms with Crippen molar-refractivity contribution in [3.63, 3.8) is 0 Å². The summed E-state index contributed by atoms with van der Waals surface area (Å²) in [6.07, 6.45) is 2.30. The Bertz CT molecular complexity index is 1060. The summed E-state index contributed by atoms with van der Waals surface area (Å²) in [6, 6.07) is 14.9. The fraction of sp³-hybridized carbons (Fsp3) is 0.348. The molecule has 2 atom stereocenters. The third kappa shape index (κ3) is 3.38. The van der Waals surface area contributed by atoms with E-state index in [1.165, 1.54) is 9.60 Å². The van der Waals surface area contributed by atoms with E-state index in [1.807, 2.05) is 18.2 Å². The van der Waals surface area contributed by atoms with E-state index in [-0.39, 0.29) is 18.2 Å². The number of rotatable bonds is 4. The first-order valence-corrected chi connectivity index (χ1v) is 11.1. The van der Waals surface area contributed by atoms with Crippen LogP contribution in [0.1, 0.15) is 30.2 Å². The lowest BCUT2D eigenvalue weighted by Crippen LogP contribution is -2.46. The first-order valence-electron chi connectivity index (χ1n) is 10.2. The van der Waals surface area contributed by atoms with Crippen LogP contribution in [0.4, 0.5) is 5.69 Å². The predicted molar refractivity (Wildman–Crippen MR) is 117 cm³/mol. The van der Waals surface area contributed by atoms with Gasteiger partial charge in [0.25, 0.3) is 5.91 Å². The van der Waals surface area contributed by atoms with Crippen LogP contribution in [0.2, 0.25) is 0 Å². The van der Waals surface area contributed by atoms with Crippen molar-refractivity contribution >= 4 is 39.1 Å². The number of hydrogen-bond acceptors (Lipinski definition) is 6. The zero-order valence-corrected chi connectivity index (χ0v) is 17.6. The van der Waals surface area contributed by atoms with Gasteiger partial charge in [0.05, 0.1) is 40.5 Å². The third-order valence-electron chi connectivity index (χ3n) is 6.01. The molecule has 2 aliphatic heterocycles. The van der Waals surface area contributed by atoms with Crippen LogP contribution >= 0.6 is 11.3 Å². The number of amides is 2. The van der Waals surface area contributed by atoms with Gasteiger partial charge in [-0.3, -0.25) is 14.5 Å². The lowest BCUT2D eigenvalue weighted by atomic mass is 9.97. The Labute approximate surface area is 179 Å². The Hall–Kier alpha value is -2.77. The minimum Gasteiger partial charge on any atom is -0.497 e. The Morgan fingerprint density at radius 2 is 1.90 bits per heavy atom. The van der Waals surface area contributed by atoms with Gasteiger partial charge in [-0.15, -0.1) is 11.3 Å². The molecule has 2 aromatic carbocycles. The number of fused-ring (bicyclic) bond motifs is 1. The summed E-state index contributed by atoms with van der Waals surface area (Å²) in [6.45, 7) is 1.60. The van der Waals surface area contributed by atoms with E-state index in [4.69, 9.17) is 9.72 Å². The molecule has 0 unspecified atom stereocenters. The van der Waals surface area contributed by atoms with Crippen LogP contribution < -0.4 is 9.64 Å². The molecule has 2 fully saturated rings. The molecule has 5 rings (SSSR count). The fourth-order valence-electron chi connectivity index (χ4n) is 4.46. The Morgan fingerprint density at radius 1 is 1.10 bits per heavy atom. The zero-order valence-electron chi connectivity index (χ0n) is 16.8. The SMILES string of the molecule is COc1ccc(N2C(=O)C[C@@H](N3CCC[C@H](c4nc5ccccc5s4)C3)C2=O)cc1. The molecule has 154 valence electrons. The number of benzene rings is 2. The minimum atomic E-state index is -0.392. The molecule has 0 saturated carbocycles. The van der Waals surface area contributed by atoms with Gasteiger partial charge in [-0.2, -0.15) is 0 Å². The zero-order chi connectivity index (χ0) is 20.7. The van der Waals surface area contributed by atoms with Crippen LogP contribution in [0, 0.1) is 0 Å². The van der Waals surface area contributed by atoms with Crippen molar-refractivity contribution in [3.05, 3.63) is 53.5 Å². The van der Waals surface area contributed by atoms with Gasteiger partial charge < -0.3 is 4.74 Å². The Kier molecular flexibility index (Phi) is 5.00. The number of nitrogens with zero attached hydrogens (tertiary/aromatic N) is 3. The van der Waals surface area contributed by atoms with E-state index in [0.29, 0.717) is 17.4 Å². The maximum absolute atomic E-state index is 13.2. The lowest BCUT2D eigenvalue weighted by molar-refractivity contribution is -0.123. The summed E-state index contributed by atoms with van der Waals surface area (Å²) >= 11 is 1.74. The Morgan fingerprint density at radius 3 is 2.67 bits per heavy atom. The van der Waals surface area contributed by atoms with Gasteiger partial charge >= 0.3 is 0 Å². The largest absolute Gasteiger partial charge is 0.497 e. The number of thiazole rings is 1. The van der Waals surface area contributed by atoms with Crippen LogP contribution in [-0.4, -0.2) is 47.9 Å². The number of imide groups is 1. The molecule has 3 aromatic rings. The summed E-state index contributed by atoms with van der Waals surface area (Å²) in [5, 5.41) is 1.13. The van der Waals surface area contributed by atoms with Gasteiger partial charge in [0.1, 0.15) is 5.75 Å². The Balaban J connectivity index is 1.34. The van der Waals surface area contributed by atoms with Crippen LogP contribution in [0.15, 0.2) is 48.5 Å². The molecule has 0 bridgehead atoms. The number of aromatic nitrogens is 1. The molecule has 3 heterocycles. The number of piperidine rings is 1.